The normalized spacial score (nSPS) is 19.9. The molecule has 0 bridgehead atoms. The van der Waals surface area contributed by atoms with Crippen LogP contribution >= 0.6 is 0 Å². The maximum atomic E-state index is 14.9. The Balaban J connectivity index is 1.86. The summed E-state index contributed by atoms with van der Waals surface area (Å²) in [4.78, 5) is 4.22. The molecule has 0 N–H and O–H groups in total. The summed E-state index contributed by atoms with van der Waals surface area (Å²) >= 11 is 0. The summed E-state index contributed by atoms with van der Waals surface area (Å²) in [5.74, 6) is 0.906. The number of imidazole rings is 1. The van der Waals surface area contributed by atoms with Gasteiger partial charge in [-0.25, -0.2) is 9.37 Å². The van der Waals surface area contributed by atoms with Crippen LogP contribution in [0.5, 0.6) is 0 Å². The fourth-order valence-corrected chi connectivity index (χ4v) is 2.78. The number of hydrogen-bond acceptors (Lipinski definition) is 3. The molecule has 0 amide bonds. The minimum atomic E-state index is -0.972. The van der Waals surface area contributed by atoms with Crippen molar-refractivity contribution in [3.63, 3.8) is 0 Å². The topological polar surface area (TPSA) is 36.3 Å². The molecule has 2 aromatic rings. The first-order chi connectivity index (χ1) is 11.6. The van der Waals surface area contributed by atoms with Crippen molar-refractivity contribution < 1.29 is 13.7 Å². The molecule has 6 heteroatoms. The van der Waals surface area contributed by atoms with E-state index >= 15 is 0 Å². The summed E-state index contributed by atoms with van der Waals surface area (Å²) in [5.41, 5.74) is 0.810. The predicted molar refractivity (Wildman–Crippen MR) is 98.1 cm³/mol. The minimum Gasteiger partial charge on any atom is -0.398 e. The molecular weight excluding hydrogens is 318 g/mol. The van der Waals surface area contributed by atoms with Crippen molar-refractivity contribution >= 4 is 12.7 Å². The fraction of sp³-hybridized carbons (Fsp3) is 0.421. The molecule has 1 aliphatic heterocycles. The first-order valence-electron chi connectivity index (χ1n) is 8.45. The molecule has 0 unspecified atom stereocenters. The van der Waals surface area contributed by atoms with Crippen LogP contribution in [0.25, 0.3) is 11.3 Å². The Hall–Kier alpha value is -1.92. The van der Waals surface area contributed by atoms with Gasteiger partial charge in [-0.1, -0.05) is 12.1 Å². The van der Waals surface area contributed by atoms with Gasteiger partial charge in [-0.15, -0.1) is 0 Å². The number of aryl methyl sites for hydroxylation is 1. The van der Waals surface area contributed by atoms with E-state index in [0.717, 1.165) is 17.1 Å². The van der Waals surface area contributed by atoms with E-state index in [1.807, 2.05) is 69.6 Å². The lowest BCUT2D eigenvalue weighted by molar-refractivity contribution is 0.00578. The second kappa shape index (κ2) is 6.11. The second-order valence-electron chi connectivity index (χ2n) is 7.45. The highest BCUT2D eigenvalue weighted by atomic mass is 19.1. The molecule has 4 nitrogen and oxygen atoms in total. The molecule has 2 heterocycles. The number of rotatable bonds is 3. The Kier molecular flexibility index (Phi) is 4.37. The first-order valence-corrected chi connectivity index (χ1v) is 8.45. The average molecular weight is 342 g/mol. The van der Waals surface area contributed by atoms with Gasteiger partial charge >= 0.3 is 7.12 Å². The largest absolute Gasteiger partial charge is 0.525 e. The van der Waals surface area contributed by atoms with E-state index < -0.39 is 18.3 Å². The minimum absolute atomic E-state index is 0.384. The molecule has 25 heavy (non-hydrogen) atoms. The zero-order valence-electron chi connectivity index (χ0n) is 15.6. The molecule has 1 aromatic heterocycles. The molecule has 1 aliphatic rings. The van der Waals surface area contributed by atoms with Gasteiger partial charge in [-0.05, 0) is 64.8 Å². The third kappa shape index (κ3) is 3.16. The van der Waals surface area contributed by atoms with Crippen molar-refractivity contribution in [1.29, 1.82) is 0 Å². The lowest BCUT2D eigenvalue weighted by Gasteiger charge is -2.32. The average Bonchev–Trinajstić information content (AvgIpc) is 3.07. The molecule has 0 atom stereocenters. The zero-order valence-corrected chi connectivity index (χ0v) is 15.6. The van der Waals surface area contributed by atoms with Crippen molar-refractivity contribution in [3.8, 4) is 5.69 Å². The van der Waals surface area contributed by atoms with E-state index in [-0.39, 0.29) is 5.73 Å². The van der Waals surface area contributed by atoms with Gasteiger partial charge in [0.25, 0.3) is 0 Å². The molecule has 132 valence electrons. The van der Waals surface area contributed by atoms with Crippen LogP contribution < -0.4 is 0 Å². The van der Waals surface area contributed by atoms with Crippen molar-refractivity contribution in [2.24, 2.45) is 0 Å². The van der Waals surface area contributed by atoms with Gasteiger partial charge in [0.15, 0.2) is 0 Å². The smallest absolute Gasteiger partial charge is 0.398 e. The van der Waals surface area contributed by atoms with E-state index in [0.29, 0.717) is 5.57 Å². The predicted octanol–water partition coefficient (Wildman–Crippen LogP) is 4.51. The van der Waals surface area contributed by atoms with Gasteiger partial charge in [0.05, 0.1) is 11.2 Å². The Morgan fingerprint density at radius 3 is 2.12 bits per heavy atom. The molecule has 0 radical (unpaired) electrons. The lowest BCUT2D eigenvalue weighted by Crippen LogP contribution is -2.41. The summed E-state index contributed by atoms with van der Waals surface area (Å²) in [6, 6.07) is 7.69. The second-order valence-corrected chi connectivity index (χ2v) is 7.45. The van der Waals surface area contributed by atoms with Crippen LogP contribution in [0.2, 0.25) is 0 Å². The highest BCUT2D eigenvalue weighted by Gasteiger charge is 2.53. The van der Waals surface area contributed by atoms with E-state index in [9.17, 15) is 4.39 Å². The van der Waals surface area contributed by atoms with Gasteiger partial charge in [-0.3, -0.25) is 0 Å². The maximum absolute atomic E-state index is 14.9. The third-order valence-electron chi connectivity index (χ3n) is 5.22. The lowest BCUT2D eigenvalue weighted by atomic mass is 9.83. The van der Waals surface area contributed by atoms with Crippen molar-refractivity contribution in [1.82, 2.24) is 9.55 Å². The third-order valence-corrected chi connectivity index (χ3v) is 5.22. The number of aromatic nitrogens is 2. The van der Waals surface area contributed by atoms with Crippen molar-refractivity contribution in [2.45, 2.75) is 52.7 Å². The molecule has 0 saturated carbocycles. The maximum Gasteiger partial charge on any atom is 0.525 e. The standard InChI is InChI=1S/C19H24BFN2O2/c1-13(17(21)20-24-18(3,4)19(5,6)25-20)15-7-9-16(10-8-15)23-12-11-22-14(23)2/h7-12H,1-6H3. The van der Waals surface area contributed by atoms with Gasteiger partial charge in [-0.2, -0.15) is 0 Å². The molecule has 0 spiro atoms. The van der Waals surface area contributed by atoms with E-state index in [1.54, 1.807) is 13.1 Å². The van der Waals surface area contributed by atoms with Crippen LogP contribution in [0.3, 0.4) is 0 Å². The van der Waals surface area contributed by atoms with Crippen LogP contribution in [-0.2, 0) is 9.31 Å². The van der Waals surface area contributed by atoms with Crippen molar-refractivity contribution in [2.75, 3.05) is 0 Å². The number of allylic oxidation sites excluding steroid dienone is 1. The molecule has 1 saturated heterocycles. The molecule has 3 rings (SSSR count). The van der Waals surface area contributed by atoms with Crippen LogP contribution in [-0.4, -0.2) is 27.9 Å². The summed E-state index contributed by atoms with van der Waals surface area (Å²) in [6.45, 7) is 11.3. The number of halogens is 1. The van der Waals surface area contributed by atoms with Crippen LogP contribution in [0.4, 0.5) is 4.39 Å². The highest BCUT2D eigenvalue weighted by Crippen LogP contribution is 2.40. The summed E-state index contributed by atoms with van der Waals surface area (Å²) in [7, 11) is -0.972. The molecule has 1 fully saturated rings. The van der Waals surface area contributed by atoms with Gasteiger partial charge < -0.3 is 13.9 Å². The highest BCUT2D eigenvalue weighted by molar-refractivity contribution is 6.55. The van der Waals surface area contributed by atoms with Crippen LogP contribution in [0, 0.1) is 6.92 Å². The van der Waals surface area contributed by atoms with E-state index in [4.69, 9.17) is 9.31 Å². The summed E-state index contributed by atoms with van der Waals surface area (Å²) in [6.07, 6.45) is 3.66. The van der Waals surface area contributed by atoms with Gasteiger partial charge in [0.1, 0.15) is 11.6 Å². The SMILES string of the molecule is CC(=C(F)B1OC(C)(C)C(C)(C)O1)c1ccc(-n2ccnc2C)cc1. The Morgan fingerprint density at radius 1 is 1.08 bits per heavy atom. The van der Waals surface area contributed by atoms with Gasteiger partial charge in [0, 0.05) is 18.1 Å². The van der Waals surface area contributed by atoms with Gasteiger partial charge in [0.2, 0.25) is 0 Å². The quantitative estimate of drug-likeness (QED) is 0.770. The zero-order chi connectivity index (χ0) is 18.4. The van der Waals surface area contributed by atoms with Crippen LogP contribution in [0.1, 0.15) is 46.0 Å². The summed E-state index contributed by atoms with van der Waals surface area (Å²) < 4.78 is 28.5. The Morgan fingerprint density at radius 2 is 1.64 bits per heavy atom. The van der Waals surface area contributed by atoms with Crippen LogP contribution in [0.15, 0.2) is 42.4 Å². The number of benzene rings is 1. The summed E-state index contributed by atoms with van der Waals surface area (Å²) in [5, 5.41) is 0. The Bertz CT molecular complexity index is 793. The monoisotopic (exact) mass is 342 g/mol. The first kappa shape index (κ1) is 17.9. The fourth-order valence-electron chi connectivity index (χ4n) is 2.78. The molecule has 1 aromatic carbocycles. The molecular formula is C19H24BFN2O2. The Labute approximate surface area is 148 Å². The van der Waals surface area contributed by atoms with E-state index in [1.165, 1.54) is 0 Å². The number of hydrogen-bond donors (Lipinski definition) is 0. The molecule has 0 aliphatic carbocycles. The van der Waals surface area contributed by atoms with E-state index in [2.05, 4.69) is 4.98 Å². The van der Waals surface area contributed by atoms with Crippen molar-refractivity contribution in [3.05, 3.63) is 53.8 Å². The number of nitrogens with zero attached hydrogens (tertiary/aromatic N) is 2.